The molecule has 146 valence electrons. The van der Waals surface area contributed by atoms with Gasteiger partial charge in [0.15, 0.2) is 0 Å². The maximum absolute atomic E-state index is 6.37. The van der Waals surface area contributed by atoms with Gasteiger partial charge in [-0.1, -0.05) is 56.1 Å². The number of fused-ring (bicyclic) bond motifs is 3. The van der Waals surface area contributed by atoms with Gasteiger partial charge in [0.05, 0.1) is 18.0 Å². The van der Waals surface area contributed by atoms with Gasteiger partial charge in [-0.15, -0.1) is 0 Å². The van der Waals surface area contributed by atoms with Crippen LogP contribution < -0.4 is 10.1 Å². The third-order valence-electron chi connectivity index (χ3n) is 6.30. The molecule has 0 radical (unpaired) electrons. The minimum Gasteiger partial charge on any atom is -0.272 e. The fourth-order valence-electron chi connectivity index (χ4n) is 5.08. The van der Waals surface area contributed by atoms with Crippen LogP contribution in [0.25, 0.3) is 0 Å². The van der Waals surface area contributed by atoms with Crippen molar-refractivity contribution in [3.63, 3.8) is 0 Å². The van der Waals surface area contributed by atoms with Gasteiger partial charge in [0, 0.05) is 14.9 Å². The van der Waals surface area contributed by atoms with E-state index < -0.39 is 0 Å². The molecule has 0 N–H and O–H groups in total. The van der Waals surface area contributed by atoms with Gasteiger partial charge >= 0.3 is 0 Å². The van der Waals surface area contributed by atoms with Crippen LogP contribution in [0.15, 0.2) is 81.7 Å². The summed E-state index contributed by atoms with van der Waals surface area (Å²) in [5.74, 6) is 0.257. The van der Waals surface area contributed by atoms with Gasteiger partial charge in [-0.05, 0) is 59.7 Å². The Hall–Kier alpha value is -1.86. The van der Waals surface area contributed by atoms with Crippen LogP contribution in [-0.4, -0.2) is 18.8 Å². The van der Waals surface area contributed by atoms with E-state index >= 15 is 0 Å². The molecule has 1 spiro atoms. The van der Waals surface area contributed by atoms with Gasteiger partial charge in [0.1, 0.15) is 18.2 Å². The van der Waals surface area contributed by atoms with E-state index in [2.05, 4.69) is 115 Å². The van der Waals surface area contributed by atoms with E-state index in [1.165, 1.54) is 11.1 Å². The second kappa shape index (κ2) is 6.57. The molecule has 3 aliphatic rings. The van der Waals surface area contributed by atoms with Gasteiger partial charge in [-0.25, -0.2) is 10.1 Å². The maximum Gasteiger partial charge on any atom is 0.129 e. The zero-order valence-electron chi connectivity index (χ0n) is 15.5. The van der Waals surface area contributed by atoms with Crippen LogP contribution in [0, 0.1) is 0 Å². The number of hydroxylamine groups is 2. The van der Waals surface area contributed by atoms with Gasteiger partial charge < -0.3 is 0 Å². The van der Waals surface area contributed by atoms with Crippen molar-refractivity contribution >= 4 is 43.2 Å². The molecule has 0 amide bonds. The van der Waals surface area contributed by atoms with E-state index in [1.807, 2.05) is 0 Å². The van der Waals surface area contributed by atoms with Crippen LogP contribution >= 0.6 is 31.9 Å². The Kier molecular flexibility index (Phi) is 4.07. The molecule has 6 rings (SSSR count). The zero-order valence-corrected chi connectivity index (χ0v) is 18.6. The zero-order chi connectivity index (χ0) is 19.6. The molecule has 2 aliphatic heterocycles. The topological polar surface area (TPSA) is 24.9 Å². The summed E-state index contributed by atoms with van der Waals surface area (Å²) in [5.41, 5.74) is 4.48. The highest BCUT2D eigenvalue weighted by Gasteiger charge is 2.67. The van der Waals surface area contributed by atoms with Crippen LogP contribution in [0.5, 0.6) is 0 Å². The van der Waals surface area contributed by atoms with Gasteiger partial charge in [-0.3, -0.25) is 9.68 Å². The Morgan fingerprint density at radius 2 is 1.38 bits per heavy atom. The minimum absolute atomic E-state index is 0.0519. The molecule has 0 saturated carbocycles. The second-order valence-corrected chi connectivity index (χ2v) is 9.55. The van der Waals surface area contributed by atoms with E-state index in [0.717, 1.165) is 20.3 Å². The summed E-state index contributed by atoms with van der Waals surface area (Å²) in [7, 11) is 0. The van der Waals surface area contributed by atoms with Crippen molar-refractivity contribution in [1.29, 1.82) is 0 Å². The summed E-state index contributed by atoms with van der Waals surface area (Å²) >= 11 is 7.07. The van der Waals surface area contributed by atoms with Crippen molar-refractivity contribution < 1.29 is 9.68 Å². The Morgan fingerprint density at radius 3 is 2.07 bits per heavy atom. The minimum atomic E-state index is -0.301. The second-order valence-electron chi connectivity index (χ2n) is 7.72. The summed E-state index contributed by atoms with van der Waals surface area (Å²) in [4.78, 5) is 12.7. The van der Waals surface area contributed by atoms with Gasteiger partial charge in [-0.2, -0.15) is 0 Å². The lowest BCUT2D eigenvalue weighted by Gasteiger charge is -2.37. The van der Waals surface area contributed by atoms with E-state index in [0.29, 0.717) is 13.2 Å². The summed E-state index contributed by atoms with van der Waals surface area (Å²) in [6.45, 7) is 1.23. The lowest BCUT2D eigenvalue weighted by molar-refractivity contribution is 0.117. The average molecular weight is 514 g/mol. The van der Waals surface area contributed by atoms with Crippen molar-refractivity contribution in [3.8, 4) is 0 Å². The predicted octanol–water partition coefficient (Wildman–Crippen LogP) is 5.99. The molecule has 3 unspecified atom stereocenters. The number of rotatable bonds is 2. The first-order valence-corrected chi connectivity index (χ1v) is 11.2. The van der Waals surface area contributed by atoms with Crippen molar-refractivity contribution in [1.82, 2.24) is 0 Å². The third kappa shape index (κ3) is 2.49. The average Bonchev–Trinajstić information content (AvgIpc) is 3.38. The number of nitrogens with zero attached hydrogens (tertiary/aromatic N) is 2. The Bertz CT molecular complexity index is 1070. The smallest absolute Gasteiger partial charge is 0.129 e. The van der Waals surface area contributed by atoms with Crippen molar-refractivity contribution in [2.75, 3.05) is 23.3 Å². The Balaban J connectivity index is 1.51. The molecule has 3 aromatic rings. The molecule has 3 aromatic carbocycles. The molecular formula is C23H18Br2N2O2. The van der Waals surface area contributed by atoms with Crippen LogP contribution in [-0.2, 0) is 9.68 Å². The van der Waals surface area contributed by atoms with Crippen LogP contribution in [0.4, 0.5) is 11.4 Å². The van der Waals surface area contributed by atoms with Crippen molar-refractivity contribution in [2.45, 2.75) is 17.5 Å². The number of anilines is 2. The highest BCUT2D eigenvalue weighted by Crippen LogP contribution is 2.61. The van der Waals surface area contributed by atoms with Crippen molar-refractivity contribution in [2.24, 2.45) is 0 Å². The predicted molar refractivity (Wildman–Crippen MR) is 120 cm³/mol. The molecule has 4 nitrogen and oxygen atoms in total. The van der Waals surface area contributed by atoms with Crippen molar-refractivity contribution in [3.05, 3.63) is 92.9 Å². The summed E-state index contributed by atoms with van der Waals surface area (Å²) < 4.78 is 2.11. The number of benzene rings is 3. The van der Waals surface area contributed by atoms with E-state index in [9.17, 15) is 0 Å². The van der Waals surface area contributed by atoms with Crippen LogP contribution in [0.3, 0.4) is 0 Å². The third-order valence-corrected chi connectivity index (χ3v) is 7.36. The molecule has 0 aromatic heterocycles. The van der Waals surface area contributed by atoms with E-state index in [1.54, 1.807) is 0 Å². The number of hydrogen-bond acceptors (Lipinski definition) is 4. The number of halogens is 2. The summed E-state index contributed by atoms with van der Waals surface area (Å²) in [6, 6.07) is 25.4. The molecule has 1 aliphatic carbocycles. The molecule has 0 bridgehead atoms. The Morgan fingerprint density at radius 1 is 0.759 bits per heavy atom. The van der Waals surface area contributed by atoms with Crippen LogP contribution in [0.1, 0.15) is 23.1 Å². The largest absolute Gasteiger partial charge is 0.272 e. The first kappa shape index (κ1) is 18.0. The lowest BCUT2D eigenvalue weighted by atomic mass is 9.84. The normalized spacial score (nSPS) is 27.1. The number of hydrogen-bond donors (Lipinski definition) is 0. The lowest BCUT2D eigenvalue weighted by Crippen LogP contribution is -2.50. The molecule has 2 heterocycles. The Labute approximate surface area is 186 Å². The van der Waals surface area contributed by atoms with E-state index in [-0.39, 0.29) is 17.5 Å². The van der Waals surface area contributed by atoms with Gasteiger partial charge in [0.25, 0.3) is 0 Å². The molecule has 6 heteroatoms. The highest BCUT2D eigenvalue weighted by molar-refractivity contribution is 9.10. The van der Waals surface area contributed by atoms with Gasteiger partial charge in [0.2, 0.25) is 0 Å². The SMILES string of the molecule is Brc1ccc(N2OCC34C(CON3c3ccc(Br)cc3)c3ccccc3C24)cc1. The quantitative estimate of drug-likeness (QED) is 0.420. The fraction of sp³-hybridized carbons (Fsp3) is 0.217. The molecule has 2 saturated heterocycles. The highest BCUT2D eigenvalue weighted by atomic mass is 79.9. The standard InChI is InChI=1S/C23H18Br2N2O2/c24-15-5-9-17(10-6-15)26-22-20-4-2-1-3-19(20)21-13-28-27(23(21,22)14-29-26)18-11-7-16(25)8-12-18/h1-12,21-22H,13-14H2. The maximum atomic E-state index is 6.37. The van der Waals surface area contributed by atoms with E-state index in [4.69, 9.17) is 9.68 Å². The first-order chi connectivity index (χ1) is 14.2. The fourth-order valence-corrected chi connectivity index (χ4v) is 5.61. The summed E-state index contributed by atoms with van der Waals surface area (Å²) in [6.07, 6.45) is 0. The molecule has 29 heavy (non-hydrogen) atoms. The summed E-state index contributed by atoms with van der Waals surface area (Å²) in [5, 5.41) is 4.18. The molecular weight excluding hydrogens is 496 g/mol. The molecule has 2 fully saturated rings. The molecule has 3 atom stereocenters. The first-order valence-electron chi connectivity index (χ1n) is 9.64. The monoisotopic (exact) mass is 512 g/mol. The van der Waals surface area contributed by atoms with Crippen LogP contribution in [0.2, 0.25) is 0 Å².